The fourth-order valence-electron chi connectivity index (χ4n) is 1.85. The fourth-order valence-corrected chi connectivity index (χ4v) is 1.85. The van der Waals surface area contributed by atoms with E-state index in [2.05, 4.69) is 32.4 Å². The largest absolute Gasteiger partial charge is 0.363 e. The first-order valence-corrected chi connectivity index (χ1v) is 5.69. The molecule has 0 aromatic carbocycles. The van der Waals surface area contributed by atoms with Crippen LogP contribution in [0.3, 0.4) is 0 Å². The van der Waals surface area contributed by atoms with Crippen molar-refractivity contribution in [1.82, 2.24) is 29.1 Å². The first kappa shape index (κ1) is 10.7. The van der Waals surface area contributed by atoms with E-state index in [1.165, 1.54) is 0 Å². The van der Waals surface area contributed by atoms with Crippen molar-refractivity contribution in [2.75, 3.05) is 5.32 Å². The Morgan fingerprint density at radius 2 is 2.22 bits per heavy atom. The molecule has 92 valence electrons. The van der Waals surface area contributed by atoms with Crippen molar-refractivity contribution >= 4 is 11.5 Å². The van der Waals surface area contributed by atoms with Crippen LogP contribution in [0.4, 0.5) is 5.82 Å². The van der Waals surface area contributed by atoms with Crippen molar-refractivity contribution in [3.63, 3.8) is 0 Å². The molecule has 0 radical (unpaired) electrons. The van der Waals surface area contributed by atoms with Crippen LogP contribution >= 0.6 is 0 Å². The molecular formula is C11H13N7. The minimum absolute atomic E-state index is 0.217. The van der Waals surface area contributed by atoms with E-state index in [0.29, 0.717) is 0 Å². The van der Waals surface area contributed by atoms with Crippen LogP contribution in [-0.4, -0.2) is 35.2 Å². The molecule has 0 saturated carbocycles. The van der Waals surface area contributed by atoms with E-state index in [1.54, 1.807) is 25.0 Å². The van der Waals surface area contributed by atoms with Gasteiger partial charge in [-0.2, -0.15) is 0 Å². The summed E-state index contributed by atoms with van der Waals surface area (Å²) in [5, 5.41) is 11.2. The van der Waals surface area contributed by atoms with Crippen LogP contribution in [-0.2, 0) is 6.54 Å². The maximum absolute atomic E-state index is 4.29. The standard InChI is InChI=1S/C11H13N7/c1-9(6-17-4-2-12-7-17)15-10-11-16-14-8-18(11)5-3-13-10/h2-5,7-9H,6H2,1H3,(H,13,15). The zero-order valence-corrected chi connectivity index (χ0v) is 9.93. The Bertz CT molecular complexity index is 628. The predicted octanol–water partition coefficient (Wildman–Crippen LogP) is 0.821. The van der Waals surface area contributed by atoms with Gasteiger partial charge in [0, 0.05) is 37.4 Å². The van der Waals surface area contributed by atoms with Gasteiger partial charge in [-0.05, 0) is 6.92 Å². The number of nitrogens with one attached hydrogen (secondary N) is 1. The van der Waals surface area contributed by atoms with Crippen molar-refractivity contribution in [2.45, 2.75) is 19.5 Å². The summed E-state index contributed by atoms with van der Waals surface area (Å²) >= 11 is 0. The summed E-state index contributed by atoms with van der Waals surface area (Å²) in [6.45, 7) is 2.90. The molecule has 0 amide bonds. The van der Waals surface area contributed by atoms with Crippen LogP contribution in [0.2, 0.25) is 0 Å². The van der Waals surface area contributed by atoms with Crippen LogP contribution in [0.15, 0.2) is 37.4 Å². The quantitative estimate of drug-likeness (QED) is 0.734. The number of hydrogen-bond donors (Lipinski definition) is 1. The number of rotatable bonds is 4. The molecule has 3 aromatic rings. The second-order valence-corrected chi connectivity index (χ2v) is 4.14. The molecule has 7 heteroatoms. The third kappa shape index (κ3) is 2.02. The number of hydrogen-bond acceptors (Lipinski definition) is 5. The molecule has 1 N–H and O–H groups in total. The Balaban J connectivity index is 1.77. The van der Waals surface area contributed by atoms with Gasteiger partial charge in [0.05, 0.1) is 6.33 Å². The monoisotopic (exact) mass is 243 g/mol. The maximum Gasteiger partial charge on any atom is 0.203 e. The van der Waals surface area contributed by atoms with E-state index in [4.69, 9.17) is 0 Å². The highest BCUT2D eigenvalue weighted by molar-refractivity contribution is 5.61. The van der Waals surface area contributed by atoms with E-state index in [9.17, 15) is 0 Å². The summed E-state index contributed by atoms with van der Waals surface area (Å²) in [5.41, 5.74) is 0.731. The smallest absolute Gasteiger partial charge is 0.203 e. The van der Waals surface area contributed by atoms with Gasteiger partial charge in [0.1, 0.15) is 6.33 Å². The van der Waals surface area contributed by atoms with E-state index in [-0.39, 0.29) is 6.04 Å². The van der Waals surface area contributed by atoms with Gasteiger partial charge in [0.2, 0.25) is 5.65 Å². The SMILES string of the molecule is CC(Cn1ccnc1)Nc1nccn2cnnc12. The number of imidazole rings is 1. The average Bonchev–Trinajstić information content (AvgIpc) is 2.99. The highest BCUT2D eigenvalue weighted by Crippen LogP contribution is 2.11. The first-order valence-electron chi connectivity index (χ1n) is 5.69. The van der Waals surface area contributed by atoms with E-state index in [1.807, 2.05) is 21.4 Å². The lowest BCUT2D eigenvalue weighted by atomic mass is 10.3. The molecule has 3 aromatic heterocycles. The predicted molar refractivity (Wildman–Crippen MR) is 66.1 cm³/mol. The molecule has 7 nitrogen and oxygen atoms in total. The summed E-state index contributed by atoms with van der Waals surface area (Å²) in [6.07, 6.45) is 10.7. The Hall–Kier alpha value is -2.44. The van der Waals surface area contributed by atoms with Gasteiger partial charge in [-0.3, -0.25) is 4.40 Å². The molecule has 0 aliphatic carbocycles. The highest BCUT2D eigenvalue weighted by Gasteiger charge is 2.08. The van der Waals surface area contributed by atoms with E-state index >= 15 is 0 Å². The van der Waals surface area contributed by atoms with Crippen LogP contribution in [0, 0.1) is 0 Å². The third-order valence-electron chi connectivity index (χ3n) is 2.64. The highest BCUT2D eigenvalue weighted by atomic mass is 15.2. The van der Waals surface area contributed by atoms with E-state index < -0.39 is 0 Å². The topological polar surface area (TPSA) is 72.9 Å². The zero-order chi connectivity index (χ0) is 12.4. The van der Waals surface area contributed by atoms with Crippen LogP contribution < -0.4 is 5.32 Å². The second-order valence-electron chi connectivity index (χ2n) is 4.14. The number of anilines is 1. The number of nitrogens with zero attached hydrogens (tertiary/aromatic N) is 6. The summed E-state index contributed by atoms with van der Waals surface area (Å²) in [7, 11) is 0. The second kappa shape index (κ2) is 4.44. The summed E-state index contributed by atoms with van der Waals surface area (Å²) in [6, 6.07) is 0.217. The summed E-state index contributed by atoms with van der Waals surface area (Å²) in [5.74, 6) is 0.739. The van der Waals surface area contributed by atoms with Crippen molar-refractivity contribution in [2.24, 2.45) is 0 Å². The van der Waals surface area contributed by atoms with Crippen molar-refractivity contribution in [3.05, 3.63) is 37.4 Å². The Kier molecular flexibility index (Phi) is 2.64. The lowest BCUT2D eigenvalue weighted by Gasteiger charge is -2.14. The minimum atomic E-state index is 0.217. The van der Waals surface area contributed by atoms with Crippen molar-refractivity contribution < 1.29 is 0 Å². The Morgan fingerprint density at radius 1 is 1.28 bits per heavy atom. The van der Waals surface area contributed by atoms with Gasteiger partial charge in [0.25, 0.3) is 0 Å². The fraction of sp³-hybridized carbons (Fsp3) is 0.273. The van der Waals surface area contributed by atoms with Crippen molar-refractivity contribution in [3.8, 4) is 0 Å². The normalized spacial score (nSPS) is 12.7. The third-order valence-corrected chi connectivity index (χ3v) is 2.64. The molecule has 0 saturated heterocycles. The van der Waals surface area contributed by atoms with Crippen LogP contribution in [0.5, 0.6) is 0 Å². The number of fused-ring (bicyclic) bond motifs is 1. The van der Waals surface area contributed by atoms with Gasteiger partial charge in [0.15, 0.2) is 5.82 Å². The first-order chi connectivity index (χ1) is 8.83. The molecule has 18 heavy (non-hydrogen) atoms. The number of aromatic nitrogens is 6. The molecule has 3 rings (SSSR count). The van der Waals surface area contributed by atoms with Gasteiger partial charge < -0.3 is 9.88 Å². The molecule has 0 aliphatic rings. The lowest BCUT2D eigenvalue weighted by Crippen LogP contribution is -2.22. The lowest BCUT2D eigenvalue weighted by molar-refractivity contribution is 0.617. The molecule has 0 bridgehead atoms. The van der Waals surface area contributed by atoms with Crippen LogP contribution in [0.25, 0.3) is 5.65 Å². The summed E-state index contributed by atoms with van der Waals surface area (Å²) in [4.78, 5) is 8.31. The molecule has 0 spiro atoms. The van der Waals surface area contributed by atoms with Crippen molar-refractivity contribution in [1.29, 1.82) is 0 Å². The molecule has 1 unspecified atom stereocenters. The van der Waals surface area contributed by atoms with Gasteiger partial charge in [-0.1, -0.05) is 0 Å². The molecular weight excluding hydrogens is 230 g/mol. The maximum atomic E-state index is 4.29. The van der Waals surface area contributed by atoms with Crippen LogP contribution in [0.1, 0.15) is 6.92 Å². The van der Waals surface area contributed by atoms with Gasteiger partial charge in [-0.25, -0.2) is 9.97 Å². The van der Waals surface area contributed by atoms with Gasteiger partial charge >= 0.3 is 0 Å². The molecule has 0 aliphatic heterocycles. The van der Waals surface area contributed by atoms with Gasteiger partial charge in [-0.15, -0.1) is 10.2 Å². The molecule has 3 heterocycles. The zero-order valence-electron chi connectivity index (χ0n) is 9.93. The Morgan fingerprint density at radius 3 is 3.06 bits per heavy atom. The van der Waals surface area contributed by atoms with E-state index in [0.717, 1.165) is 18.0 Å². The Labute approximate surface area is 104 Å². The summed E-state index contributed by atoms with van der Waals surface area (Å²) < 4.78 is 3.85. The molecule has 1 atom stereocenters. The minimum Gasteiger partial charge on any atom is -0.363 e. The average molecular weight is 243 g/mol. The molecule has 0 fully saturated rings.